The summed E-state index contributed by atoms with van der Waals surface area (Å²) in [6.07, 6.45) is 2.88. The van der Waals surface area contributed by atoms with Gasteiger partial charge >= 0.3 is 11.8 Å². The van der Waals surface area contributed by atoms with E-state index in [0.29, 0.717) is 39.5 Å². The summed E-state index contributed by atoms with van der Waals surface area (Å²) in [7, 11) is 0. The van der Waals surface area contributed by atoms with Crippen molar-refractivity contribution < 1.29 is 28.2 Å². The molecule has 0 aliphatic heterocycles. The van der Waals surface area contributed by atoms with Gasteiger partial charge in [0.2, 0.25) is 0 Å². The number of halogens is 2. The van der Waals surface area contributed by atoms with Gasteiger partial charge in [-0.25, -0.2) is 9.82 Å². The van der Waals surface area contributed by atoms with Crippen LogP contribution in [0.5, 0.6) is 11.5 Å². The van der Waals surface area contributed by atoms with E-state index in [2.05, 4.69) is 43.7 Å². The Hall–Kier alpha value is -4.51. The second kappa shape index (κ2) is 13.5. The molecular weight excluding hydrogens is 547 g/mol. The fourth-order valence-corrected chi connectivity index (χ4v) is 3.19. The van der Waals surface area contributed by atoms with Crippen molar-refractivity contribution in [3.05, 3.63) is 95.2 Å². The number of rotatable bonds is 10. The highest BCUT2D eigenvalue weighted by Gasteiger charge is 2.13. The normalized spacial score (nSPS) is 10.4. The molecule has 11 heteroatoms. The van der Waals surface area contributed by atoms with Gasteiger partial charge in [0, 0.05) is 21.4 Å². The molecule has 0 fully saturated rings. The lowest BCUT2D eigenvalue weighted by atomic mass is 10.2. The number of benzene rings is 3. The van der Waals surface area contributed by atoms with Gasteiger partial charge in [-0.3, -0.25) is 14.4 Å². The Morgan fingerprint density at radius 1 is 0.919 bits per heavy atom. The van der Waals surface area contributed by atoms with Gasteiger partial charge in [0.1, 0.15) is 23.9 Å². The molecule has 0 aliphatic carbocycles. The first-order valence-electron chi connectivity index (χ1n) is 10.8. The Balaban J connectivity index is 1.53. The predicted molar refractivity (Wildman–Crippen MR) is 141 cm³/mol. The third kappa shape index (κ3) is 8.89. The van der Waals surface area contributed by atoms with Crippen LogP contribution in [0.25, 0.3) is 0 Å². The standard InChI is InChI=1S/C26H22BrFN4O5/c1-2-13-36-22-10-8-21(9-11-22)31-25(34)26(35)32-29-15-17-14-18(27)3-12-23(17)37-16-24(33)30-20-6-4-19(28)5-7-20/h2-12,14-15H,1,13,16H2,(H,30,33)(H,31,34)(H,32,35)/b29-15-. The molecule has 0 spiro atoms. The zero-order chi connectivity index (χ0) is 26.6. The first-order valence-corrected chi connectivity index (χ1v) is 11.6. The molecule has 9 nitrogen and oxygen atoms in total. The van der Waals surface area contributed by atoms with Gasteiger partial charge in [0.25, 0.3) is 5.91 Å². The van der Waals surface area contributed by atoms with Gasteiger partial charge in [-0.2, -0.15) is 5.10 Å². The van der Waals surface area contributed by atoms with Crippen LogP contribution in [0.2, 0.25) is 0 Å². The summed E-state index contributed by atoms with van der Waals surface area (Å²) in [5.74, 6) is -1.88. The average Bonchev–Trinajstić information content (AvgIpc) is 2.89. The van der Waals surface area contributed by atoms with E-state index in [1.807, 2.05) is 0 Å². The minimum absolute atomic E-state index is 0.304. The Bertz CT molecular complexity index is 1300. The fraction of sp³-hybridized carbons (Fsp3) is 0.0769. The molecule has 3 aromatic rings. The molecule has 3 aromatic carbocycles. The number of ether oxygens (including phenoxy) is 2. The molecule has 3 N–H and O–H groups in total. The third-order valence-corrected chi connectivity index (χ3v) is 5.01. The molecule has 37 heavy (non-hydrogen) atoms. The summed E-state index contributed by atoms with van der Waals surface area (Å²) in [5, 5.41) is 8.84. The van der Waals surface area contributed by atoms with Crippen molar-refractivity contribution in [2.75, 3.05) is 23.8 Å². The maximum Gasteiger partial charge on any atom is 0.329 e. The Labute approximate surface area is 220 Å². The maximum absolute atomic E-state index is 13.0. The van der Waals surface area contributed by atoms with Crippen molar-refractivity contribution in [1.82, 2.24) is 5.43 Å². The van der Waals surface area contributed by atoms with E-state index >= 15 is 0 Å². The summed E-state index contributed by atoms with van der Waals surface area (Å²) in [5.41, 5.74) is 3.39. The number of hydrogen-bond acceptors (Lipinski definition) is 6. The largest absolute Gasteiger partial charge is 0.490 e. The van der Waals surface area contributed by atoms with Crippen LogP contribution in [0.15, 0.2) is 89.0 Å². The van der Waals surface area contributed by atoms with Crippen molar-refractivity contribution in [2.24, 2.45) is 5.10 Å². The monoisotopic (exact) mass is 568 g/mol. The highest BCUT2D eigenvalue weighted by molar-refractivity contribution is 9.10. The second-order valence-corrected chi connectivity index (χ2v) is 8.22. The van der Waals surface area contributed by atoms with E-state index in [1.54, 1.807) is 48.5 Å². The van der Waals surface area contributed by atoms with Crippen LogP contribution >= 0.6 is 15.9 Å². The molecular formula is C26H22BrFN4O5. The van der Waals surface area contributed by atoms with Crippen LogP contribution in [0.3, 0.4) is 0 Å². The Kier molecular flexibility index (Phi) is 9.91. The van der Waals surface area contributed by atoms with Crippen molar-refractivity contribution in [1.29, 1.82) is 0 Å². The predicted octanol–water partition coefficient (Wildman–Crippen LogP) is 4.26. The molecule has 0 aliphatic rings. The van der Waals surface area contributed by atoms with Gasteiger partial charge in [-0.15, -0.1) is 0 Å². The lowest BCUT2D eigenvalue weighted by Crippen LogP contribution is -2.32. The van der Waals surface area contributed by atoms with Crippen LogP contribution in [-0.4, -0.2) is 37.1 Å². The van der Waals surface area contributed by atoms with Crippen molar-refractivity contribution in [3.8, 4) is 11.5 Å². The van der Waals surface area contributed by atoms with E-state index in [4.69, 9.17) is 9.47 Å². The van der Waals surface area contributed by atoms with Crippen LogP contribution in [0.4, 0.5) is 15.8 Å². The number of carbonyl (C=O) groups is 3. The van der Waals surface area contributed by atoms with E-state index in [1.165, 1.54) is 30.5 Å². The van der Waals surface area contributed by atoms with E-state index in [9.17, 15) is 18.8 Å². The Morgan fingerprint density at radius 3 is 2.30 bits per heavy atom. The summed E-state index contributed by atoms with van der Waals surface area (Å²) in [6.45, 7) is 3.58. The zero-order valence-electron chi connectivity index (χ0n) is 19.4. The second-order valence-electron chi connectivity index (χ2n) is 7.30. The van der Waals surface area contributed by atoms with Crippen LogP contribution < -0.4 is 25.5 Å². The number of hydrazone groups is 1. The highest BCUT2D eigenvalue weighted by atomic mass is 79.9. The van der Waals surface area contributed by atoms with E-state index in [0.717, 1.165) is 0 Å². The molecule has 3 amide bonds. The van der Waals surface area contributed by atoms with E-state index in [-0.39, 0.29) is 6.61 Å². The maximum atomic E-state index is 13.0. The van der Waals surface area contributed by atoms with Crippen LogP contribution in [-0.2, 0) is 14.4 Å². The lowest BCUT2D eigenvalue weighted by molar-refractivity contribution is -0.136. The highest BCUT2D eigenvalue weighted by Crippen LogP contribution is 2.22. The van der Waals surface area contributed by atoms with Crippen molar-refractivity contribution >= 4 is 51.2 Å². The summed E-state index contributed by atoms with van der Waals surface area (Å²) < 4.78 is 24.6. The molecule has 3 rings (SSSR count). The van der Waals surface area contributed by atoms with Gasteiger partial charge in [-0.05, 0) is 66.7 Å². The van der Waals surface area contributed by atoms with Gasteiger partial charge < -0.3 is 20.1 Å². The first kappa shape index (κ1) is 27.1. The fourth-order valence-electron chi connectivity index (χ4n) is 2.81. The number of nitrogens with zero attached hydrogens (tertiary/aromatic N) is 1. The summed E-state index contributed by atoms with van der Waals surface area (Å²) >= 11 is 3.33. The van der Waals surface area contributed by atoms with Gasteiger partial charge in [0.15, 0.2) is 6.61 Å². The lowest BCUT2D eigenvalue weighted by Gasteiger charge is -2.10. The number of carbonyl (C=O) groups excluding carboxylic acids is 3. The molecule has 0 aromatic heterocycles. The minimum Gasteiger partial charge on any atom is -0.490 e. The SMILES string of the molecule is C=CCOc1ccc(NC(=O)C(=O)N/N=C\c2cc(Br)ccc2OCC(=O)Nc2ccc(F)cc2)cc1. The van der Waals surface area contributed by atoms with Crippen molar-refractivity contribution in [2.45, 2.75) is 0 Å². The molecule has 0 saturated heterocycles. The average molecular weight is 569 g/mol. The minimum atomic E-state index is -0.987. The Morgan fingerprint density at radius 2 is 1.59 bits per heavy atom. The topological polar surface area (TPSA) is 118 Å². The molecule has 190 valence electrons. The van der Waals surface area contributed by atoms with Gasteiger partial charge in [0.05, 0.1) is 6.21 Å². The van der Waals surface area contributed by atoms with Crippen molar-refractivity contribution in [3.63, 3.8) is 0 Å². The number of hydrogen-bond donors (Lipinski definition) is 3. The summed E-state index contributed by atoms with van der Waals surface area (Å²) in [6, 6.07) is 16.7. The molecule has 0 atom stereocenters. The van der Waals surface area contributed by atoms with Crippen LogP contribution in [0.1, 0.15) is 5.56 Å². The molecule has 0 heterocycles. The van der Waals surface area contributed by atoms with Crippen LogP contribution in [0, 0.1) is 5.82 Å². The molecule has 0 bridgehead atoms. The molecule has 0 unspecified atom stereocenters. The van der Waals surface area contributed by atoms with E-state index < -0.39 is 23.5 Å². The number of amides is 3. The number of nitrogens with one attached hydrogen (secondary N) is 3. The van der Waals surface area contributed by atoms with Gasteiger partial charge in [-0.1, -0.05) is 28.6 Å². The number of anilines is 2. The first-order chi connectivity index (χ1) is 17.8. The smallest absolute Gasteiger partial charge is 0.329 e. The quantitative estimate of drug-likeness (QED) is 0.146. The molecule has 0 saturated carbocycles. The zero-order valence-corrected chi connectivity index (χ0v) is 21.0. The third-order valence-electron chi connectivity index (χ3n) is 4.51. The molecule has 0 radical (unpaired) electrons. The summed E-state index contributed by atoms with van der Waals surface area (Å²) in [4.78, 5) is 36.4.